The summed E-state index contributed by atoms with van der Waals surface area (Å²) in [7, 11) is 0. The fraction of sp³-hybridized carbons (Fsp3) is 0.714. The molecule has 1 saturated heterocycles. The van der Waals surface area contributed by atoms with Crippen LogP contribution in [0.25, 0.3) is 0 Å². The summed E-state index contributed by atoms with van der Waals surface area (Å²) in [6, 6.07) is 0. The van der Waals surface area contributed by atoms with Gasteiger partial charge in [-0.15, -0.1) is 0 Å². The third-order valence-corrected chi connectivity index (χ3v) is 3.52. The molecule has 0 aromatic rings. The van der Waals surface area contributed by atoms with Gasteiger partial charge in [0.1, 0.15) is 0 Å². The van der Waals surface area contributed by atoms with E-state index in [1.54, 1.807) is 4.90 Å². The number of rotatable bonds is 5. The number of likely N-dealkylation sites (tertiary alicyclic amines) is 1. The zero-order chi connectivity index (χ0) is 13.5. The molecule has 0 unspecified atom stereocenters. The lowest BCUT2D eigenvalue weighted by Gasteiger charge is -2.33. The van der Waals surface area contributed by atoms with E-state index in [-0.39, 0.29) is 17.7 Å². The van der Waals surface area contributed by atoms with Crippen LogP contribution in [-0.2, 0) is 9.59 Å². The second-order valence-corrected chi connectivity index (χ2v) is 4.72. The number of nitrogens with zero attached hydrogens (tertiary/aromatic N) is 2. The average molecular weight is 252 g/mol. The van der Waals surface area contributed by atoms with Crippen LogP contribution >= 0.6 is 0 Å². The Morgan fingerprint density at radius 2 is 1.94 bits per heavy atom. The molecule has 2 amide bonds. The molecule has 0 saturated carbocycles. The maximum Gasteiger partial charge on any atom is 0.245 e. The van der Waals surface area contributed by atoms with Crippen molar-refractivity contribution in [2.75, 3.05) is 26.2 Å². The Hall–Kier alpha value is -1.32. The SMILES string of the molecule is C=CC(=O)N1CCC(C(=O)N(CC)CCC)CC1. The lowest BCUT2D eigenvalue weighted by molar-refractivity contribution is -0.139. The molecule has 1 aliphatic rings. The van der Waals surface area contributed by atoms with Crippen molar-refractivity contribution in [2.24, 2.45) is 5.92 Å². The lowest BCUT2D eigenvalue weighted by atomic mass is 9.95. The first-order chi connectivity index (χ1) is 8.63. The maximum atomic E-state index is 12.3. The minimum absolute atomic E-state index is 0.0261. The van der Waals surface area contributed by atoms with Gasteiger partial charge in [0.15, 0.2) is 0 Å². The first-order valence-corrected chi connectivity index (χ1v) is 6.84. The molecule has 102 valence electrons. The number of piperidine rings is 1. The van der Waals surface area contributed by atoms with E-state index >= 15 is 0 Å². The molecule has 0 spiro atoms. The van der Waals surface area contributed by atoms with Gasteiger partial charge in [0.05, 0.1) is 0 Å². The minimum atomic E-state index is -0.0261. The molecule has 18 heavy (non-hydrogen) atoms. The largest absolute Gasteiger partial charge is 0.343 e. The number of hydrogen-bond donors (Lipinski definition) is 0. The van der Waals surface area contributed by atoms with Crippen LogP contribution in [-0.4, -0.2) is 47.8 Å². The van der Waals surface area contributed by atoms with Gasteiger partial charge in [0.25, 0.3) is 0 Å². The van der Waals surface area contributed by atoms with Crippen LogP contribution in [0.4, 0.5) is 0 Å². The quantitative estimate of drug-likeness (QED) is 0.698. The summed E-state index contributed by atoms with van der Waals surface area (Å²) in [5.74, 6) is 0.317. The van der Waals surface area contributed by atoms with Crippen LogP contribution in [0.5, 0.6) is 0 Å². The molecule has 0 aromatic carbocycles. The van der Waals surface area contributed by atoms with Gasteiger partial charge in [-0.1, -0.05) is 13.5 Å². The van der Waals surface area contributed by atoms with E-state index in [0.29, 0.717) is 13.1 Å². The molecule has 1 fully saturated rings. The Bertz CT molecular complexity index is 307. The number of carbonyl (C=O) groups is 2. The van der Waals surface area contributed by atoms with E-state index in [1.807, 2.05) is 11.8 Å². The standard InChI is InChI=1S/C14H24N2O2/c1-4-9-15(6-3)14(18)12-7-10-16(11-8-12)13(17)5-2/h5,12H,2,4,6-11H2,1,3H3. The Balaban J connectivity index is 2.49. The van der Waals surface area contributed by atoms with Gasteiger partial charge < -0.3 is 9.80 Å². The summed E-state index contributed by atoms with van der Waals surface area (Å²) in [4.78, 5) is 27.4. The van der Waals surface area contributed by atoms with Crippen LogP contribution in [0.1, 0.15) is 33.1 Å². The first-order valence-electron chi connectivity index (χ1n) is 6.84. The Morgan fingerprint density at radius 1 is 1.33 bits per heavy atom. The summed E-state index contributed by atoms with van der Waals surface area (Å²) in [5.41, 5.74) is 0. The molecule has 4 heteroatoms. The van der Waals surface area contributed by atoms with E-state index in [4.69, 9.17) is 0 Å². The second kappa shape index (κ2) is 7.19. The van der Waals surface area contributed by atoms with Gasteiger partial charge >= 0.3 is 0 Å². The van der Waals surface area contributed by atoms with Crippen molar-refractivity contribution in [3.05, 3.63) is 12.7 Å². The molecule has 1 heterocycles. The summed E-state index contributed by atoms with van der Waals surface area (Å²) in [6.07, 6.45) is 3.89. The van der Waals surface area contributed by atoms with Gasteiger partial charge in [-0.25, -0.2) is 0 Å². The summed E-state index contributed by atoms with van der Waals surface area (Å²) in [6.45, 7) is 10.5. The molecule has 1 aliphatic heterocycles. The predicted molar refractivity (Wildman–Crippen MR) is 72.0 cm³/mol. The monoisotopic (exact) mass is 252 g/mol. The van der Waals surface area contributed by atoms with Crippen LogP contribution in [0.2, 0.25) is 0 Å². The molecule has 4 nitrogen and oxygen atoms in total. The molecule has 0 atom stereocenters. The normalized spacial score (nSPS) is 16.4. The van der Waals surface area contributed by atoms with Gasteiger partial charge in [-0.3, -0.25) is 9.59 Å². The smallest absolute Gasteiger partial charge is 0.245 e. The molecule has 0 aromatic heterocycles. The molecular formula is C14H24N2O2. The highest BCUT2D eigenvalue weighted by Crippen LogP contribution is 2.20. The van der Waals surface area contributed by atoms with Gasteiger partial charge in [0, 0.05) is 32.1 Å². The highest BCUT2D eigenvalue weighted by molar-refractivity contribution is 5.87. The van der Waals surface area contributed by atoms with E-state index in [1.165, 1.54) is 6.08 Å². The van der Waals surface area contributed by atoms with Crippen molar-refractivity contribution in [3.8, 4) is 0 Å². The number of carbonyl (C=O) groups excluding carboxylic acids is 2. The van der Waals surface area contributed by atoms with Gasteiger partial charge in [-0.2, -0.15) is 0 Å². The average Bonchev–Trinajstić information content (AvgIpc) is 2.43. The molecule has 1 rings (SSSR count). The van der Waals surface area contributed by atoms with Crippen molar-refractivity contribution in [2.45, 2.75) is 33.1 Å². The second-order valence-electron chi connectivity index (χ2n) is 4.72. The van der Waals surface area contributed by atoms with Crippen molar-refractivity contribution in [3.63, 3.8) is 0 Å². The fourth-order valence-corrected chi connectivity index (χ4v) is 2.43. The van der Waals surface area contributed by atoms with E-state index in [0.717, 1.165) is 32.4 Å². The fourth-order valence-electron chi connectivity index (χ4n) is 2.43. The molecule has 0 aliphatic carbocycles. The summed E-state index contributed by atoms with van der Waals surface area (Å²) >= 11 is 0. The molecule has 0 radical (unpaired) electrons. The van der Waals surface area contributed by atoms with E-state index in [9.17, 15) is 9.59 Å². The maximum absolute atomic E-state index is 12.3. The van der Waals surface area contributed by atoms with Crippen LogP contribution in [0.3, 0.4) is 0 Å². The topological polar surface area (TPSA) is 40.6 Å². The van der Waals surface area contributed by atoms with Gasteiger partial charge in [0.2, 0.25) is 11.8 Å². The predicted octanol–water partition coefficient (Wildman–Crippen LogP) is 1.67. The Labute approximate surface area is 110 Å². The summed E-state index contributed by atoms with van der Waals surface area (Å²) in [5, 5.41) is 0. The van der Waals surface area contributed by atoms with Gasteiger partial charge in [-0.05, 0) is 32.3 Å². The Kier molecular flexibility index (Phi) is 5.89. The van der Waals surface area contributed by atoms with E-state index < -0.39 is 0 Å². The van der Waals surface area contributed by atoms with Crippen LogP contribution in [0, 0.1) is 5.92 Å². The highest BCUT2D eigenvalue weighted by atomic mass is 16.2. The number of amides is 2. The first kappa shape index (κ1) is 14.7. The summed E-state index contributed by atoms with van der Waals surface area (Å²) < 4.78 is 0. The number of hydrogen-bond acceptors (Lipinski definition) is 2. The third kappa shape index (κ3) is 3.59. The molecule has 0 N–H and O–H groups in total. The van der Waals surface area contributed by atoms with Crippen molar-refractivity contribution < 1.29 is 9.59 Å². The highest BCUT2D eigenvalue weighted by Gasteiger charge is 2.28. The van der Waals surface area contributed by atoms with Crippen LogP contribution < -0.4 is 0 Å². The zero-order valence-electron chi connectivity index (χ0n) is 11.5. The van der Waals surface area contributed by atoms with Crippen molar-refractivity contribution >= 4 is 11.8 Å². The van der Waals surface area contributed by atoms with Crippen LogP contribution in [0.15, 0.2) is 12.7 Å². The van der Waals surface area contributed by atoms with Crippen molar-refractivity contribution in [1.29, 1.82) is 0 Å². The minimum Gasteiger partial charge on any atom is -0.343 e. The van der Waals surface area contributed by atoms with Crippen molar-refractivity contribution in [1.82, 2.24) is 9.80 Å². The lowest BCUT2D eigenvalue weighted by Crippen LogP contribution is -2.44. The molecular weight excluding hydrogens is 228 g/mol. The Morgan fingerprint density at radius 3 is 2.39 bits per heavy atom. The third-order valence-electron chi connectivity index (χ3n) is 3.52. The van der Waals surface area contributed by atoms with E-state index in [2.05, 4.69) is 13.5 Å². The zero-order valence-corrected chi connectivity index (χ0v) is 11.5. The molecule has 0 bridgehead atoms.